The van der Waals surface area contributed by atoms with Gasteiger partial charge in [-0.25, -0.2) is 9.48 Å². The molecule has 0 radical (unpaired) electrons. The van der Waals surface area contributed by atoms with Crippen LogP contribution in [0.2, 0.25) is 5.15 Å². The van der Waals surface area contributed by atoms with Crippen LogP contribution < -0.4 is 0 Å². The van der Waals surface area contributed by atoms with Crippen molar-refractivity contribution in [3.05, 3.63) is 23.2 Å². The van der Waals surface area contributed by atoms with E-state index >= 15 is 0 Å². The van der Waals surface area contributed by atoms with Crippen LogP contribution in [0.3, 0.4) is 0 Å². The number of hydrogen-bond acceptors (Lipinski definition) is 4. The topological polar surface area (TPSA) is 85.8 Å². The Balaban J connectivity index is 2.39. The molecule has 0 aromatic carbocycles. The average Bonchev–Trinajstić information content (AvgIpc) is 2.82. The molecule has 0 aliphatic rings. The van der Waals surface area contributed by atoms with Crippen molar-refractivity contribution >= 4 is 17.6 Å². The van der Waals surface area contributed by atoms with Gasteiger partial charge >= 0.3 is 12.5 Å². The smallest absolute Gasteiger partial charge is 0.359 e. The first kappa shape index (κ1) is 11.5. The third kappa shape index (κ3) is 2.09. The van der Waals surface area contributed by atoms with Crippen molar-refractivity contribution < 1.29 is 18.7 Å². The first-order valence-electron chi connectivity index (χ1n) is 4.18. The van der Waals surface area contributed by atoms with E-state index in [1.165, 1.54) is 0 Å². The van der Waals surface area contributed by atoms with Crippen molar-refractivity contribution in [2.24, 2.45) is 0 Å². The summed E-state index contributed by atoms with van der Waals surface area (Å²) in [5, 5.41) is 18.8. The molecule has 0 fully saturated rings. The molecule has 0 saturated heterocycles. The number of nitrogens with zero attached hydrogens (tertiary/aromatic N) is 5. The van der Waals surface area contributed by atoms with Crippen molar-refractivity contribution in [1.82, 2.24) is 24.8 Å². The maximum Gasteiger partial charge on any atom is 0.359 e. The normalized spacial score (nSPS) is 11.1. The van der Waals surface area contributed by atoms with Gasteiger partial charge in [0.1, 0.15) is 5.69 Å². The molecule has 0 atom stereocenters. The van der Waals surface area contributed by atoms with Crippen molar-refractivity contribution in [3.8, 4) is 5.69 Å². The molecular formula is C7H4ClF2N5O2. The summed E-state index contributed by atoms with van der Waals surface area (Å²) in [6.45, 7) is -2.80. The average molecular weight is 264 g/mol. The highest BCUT2D eigenvalue weighted by Crippen LogP contribution is 2.15. The van der Waals surface area contributed by atoms with E-state index in [0.717, 1.165) is 17.2 Å². The van der Waals surface area contributed by atoms with Crippen LogP contribution in [0.25, 0.3) is 5.69 Å². The van der Waals surface area contributed by atoms with Crippen LogP contribution >= 0.6 is 11.6 Å². The molecular weight excluding hydrogens is 260 g/mol. The zero-order chi connectivity index (χ0) is 12.6. The predicted octanol–water partition coefficient (Wildman–Crippen LogP) is 1.21. The van der Waals surface area contributed by atoms with Crippen molar-refractivity contribution in [1.29, 1.82) is 0 Å². The number of carboxylic acids is 1. The maximum absolute atomic E-state index is 12.2. The lowest BCUT2D eigenvalue weighted by molar-refractivity contribution is 0.0565. The molecule has 0 aliphatic heterocycles. The minimum absolute atomic E-state index is 0.0831. The number of carboxylic acid groups (broad SMARTS) is 1. The van der Waals surface area contributed by atoms with Crippen LogP contribution in [0, 0.1) is 0 Å². The molecule has 0 spiro atoms. The van der Waals surface area contributed by atoms with Gasteiger partial charge in [-0.1, -0.05) is 11.6 Å². The third-order valence-corrected chi connectivity index (χ3v) is 2.05. The fraction of sp³-hybridized carbons (Fsp3) is 0.143. The number of aromatic nitrogens is 5. The lowest BCUT2D eigenvalue weighted by Gasteiger charge is -1.95. The van der Waals surface area contributed by atoms with Gasteiger partial charge in [-0.15, -0.1) is 15.0 Å². The van der Waals surface area contributed by atoms with Crippen LogP contribution in [0.1, 0.15) is 17.0 Å². The summed E-state index contributed by atoms with van der Waals surface area (Å²) in [5.74, 6) is -1.36. The first-order chi connectivity index (χ1) is 7.99. The van der Waals surface area contributed by atoms with E-state index in [-0.39, 0.29) is 10.8 Å². The zero-order valence-corrected chi connectivity index (χ0v) is 8.71. The number of alkyl halides is 2. The highest BCUT2D eigenvalue weighted by Gasteiger charge is 2.18. The van der Waals surface area contributed by atoms with Crippen LogP contribution in [0.15, 0.2) is 12.4 Å². The van der Waals surface area contributed by atoms with Gasteiger partial charge in [-0.2, -0.15) is 13.9 Å². The second-order valence-corrected chi connectivity index (χ2v) is 3.25. The first-order valence-corrected chi connectivity index (χ1v) is 4.55. The number of hydrogen-bond donors (Lipinski definition) is 1. The summed E-state index contributed by atoms with van der Waals surface area (Å²) in [4.78, 5) is 11.5. The molecule has 2 aromatic rings. The molecule has 0 saturated carbocycles. The number of carbonyl (C=O) groups is 1. The molecule has 90 valence electrons. The summed E-state index contributed by atoms with van der Waals surface area (Å²) in [6, 6.07) is 0. The standard InChI is InChI=1S/C7H4ClF2N5O2/c8-5-4(6(16)17)12-15(13-5)3-1-11-14(2-3)7(9)10/h1-2,7H,(H,16,17). The van der Waals surface area contributed by atoms with Crippen molar-refractivity contribution in [3.63, 3.8) is 0 Å². The van der Waals surface area contributed by atoms with Gasteiger partial charge in [-0.05, 0) is 0 Å². The molecule has 2 heterocycles. The molecule has 0 bridgehead atoms. The molecule has 1 N–H and O–H groups in total. The monoisotopic (exact) mass is 263 g/mol. The second-order valence-electron chi connectivity index (χ2n) is 2.89. The van der Waals surface area contributed by atoms with Crippen LogP contribution in [0.4, 0.5) is 8.78 Å². The summed E-state index contributed by atoms with van der Waals surface area (Å²) < 4.78 is 24.9. The number of rotatable bonds is 3. The van der Waals surface area contributed by atoms with Crippen LogP contribution in [-0.2, 0) is 0 Å². The van der Waals surface area contributed by atoms with E-state index in [4.69, 9.17) is 16.7 Å². The van der Waals surface area contributed by atoms with Crippen LogP contribution in [0.5, 0.6) is 0 Å². The Morgan fingerprint density at radius 3 is 2.65 bits per heavy atom. The van der Waals surface area contributed by atoms with Gasteiger partial charge in [0.25, 0.3) is 0 Å². The Kier molecular flexibility index (Phi) is 2.76. The fourth-order valence-electron chi connectivity index (χ4n) is 1.07. The Morgan fingerprint density at radius 1 is 1.47 bits per heavy atom. The van der Waals surface area contributed by atoms with Crippen molar-refractivity contribution in [2.75, 3.05) is 0 Å². The largest absolute Gasteiger partial charge is 0.476 e. The molecule has 0 aliphatic carbocycles. The lowest BCUT2D eigenvalue weighted by atomic mass is 10.5. The number of halogens is 3. The minimum Gasteiger partial charge on any atom is -0.476 e. The SMILES string of the molecule is O=C(O)c1nn(-c2cnn(C(F)F)c2)nc1Cl. The van der Waals surface area contributed by atoms with Crippen LogP contribution in [-0.4, -0.2) is 35.9 Å². The van der Waals surface area contributed by atoms with Gasteiger partial charge in [0.2, 0.25) is 5.69 Å². The van der Waals surface area contributed by atoms with E-state index < -0.39 is 18.2 Å². The molecule has 10 heteroatoms. The molecule has 7 nitrogen and oxygen atoms in total. The Labute approximate surface area is 97.2 Å². The lowest BCUT2D eigenvalue weighted by Crippen LogP contribution is -2.02. The van der Waals surface area contributed by atoms with Gasteiger partial charge in [-0.3, -0.25) is 0 Å². The minimum atomic E-state index is -2.80. The molecule has 2 rings (SSSR count). The zero-order valence-electron chi connectivity index (χ0n) is 7.96. The summed E-state index contributed by atoms with van der Waals surface area (Å²) >= 11 is 5.51. The number of aromatic carboxylic acids is 1. The molecule has 17 heavy (non-hydrogen) atoms. The van der Waals surface area contributed by atoms with E-state index in [0.29, 0.717) is 4.68 Å². The quantitative estimate of drug-likeness (QED) is 0.899. The Bertz CT molecular complexity index is 566. The summed E-state index contributed by atoms with van der Waals surface area (Å²) in [6.07, 6.45) is 2.03. The van der Waals surface area contributed by atoms with Gasteiger partial charge in [0.15, 0.2) is 5.15 Å². The summed E-state index contributed by atoms with van der Waals surface area (Å²) in [7, 11) is 0. The van der Waals surface area contributed by atoms with Crippen molar-refractivity contribution in [2.45, 2.75) is 6.55 Å². The maximum atomic E-state index is 12.2. The highest BCUT2D eigenvalue weighted by atomic mass is 35.5. The second kappa shape index (κ2) is 4.09. The summed E-state index contributed by atoms with van der Waals surface area (Å²) in [5.41, 5.74) is -0.379. The van der Waals surface area contributed by atoms with Gasteiger partial charge < -0.3 is 5.11 Å². The third-order valence-electron chi connectivity index (χ3n) is 1.79. The molecule has 2 aromatic heterocycles. The van der Waals surface area contributed by atoms with E-state index in [1.807, 2.05) is 0 Å². The van der Waals surface area contributed by atoms with Gasteiger partial charge in [0, 0.05) is 0 Å². The predicted molar refractivity (Wildman–Crippen MR) is 50.4 cm³/mol. The van der Waals surface area contributed by atoms with E-state index in [1.54, 1.807) is 0 Å². The molecule has 0 amide bonds. The van der Waals surface area contributed by atoms with E-state index in [2.05, 4.69) is 15.3 Å². The molecule has 0 unspecified atom stereocenters. The fourth-order valence-corrected chi connectivity index (χ4v) is 1.26. The Morgan fingerprint density at radius 2 is 2.18 bits per heavy atom. The van der Waals surface area contributed by atoms with Gasteiger partial charge in [0.05, 0.1) is 12.4 Å². The Hall–Kier alpha value is -2.03. The highest BCUT2D eigenvalue weighted by molar-refractivity contribution is 6.31. The van der Waals surface area contributed by atoms with E-state index in [9.17, 15) is 13.6 Å².